The molecule has 0 fully saturated rings. The Morgan fingerprint density at radius 3 is 2.59 bits per heavy atom. The van der Waals surface area contributed by atoms with Crippen molar-refractivity contribution < 1.29 is 0 Å². The van der Waals surface area contributed by atoms with E-state index in [2.05, 4.69) is 59.9 Å². The van der Waals surface area contributed by atoms with Gasteiger partial charge >= 0.3 is 0 Å². The fourth-order valence-corrected chi connectivity index (χ4v) is 7.55. The van der Waals surface area contributed by atoms with Gasteiger partial charge in [-0.05, 0) is 74.4 Å². The number of rotatable bonds is 2. The van der Waals surface area contributed by atoms with E-state index < -0.39 is 0 Å². The lowest BCUT2D eigenvalue weighted by molar-refractivity contribution is 0.913. The van der Waals surface area contributed by atoms with E-state index in [0.29, 0.717) is 4.83 Å². The van der Waals surface area contributed by atoms with Crippen LogP contribution in [0, 0.1) is 0 Å². The Kier molecular flexibility index (Phi) is 3.84. The first-order valence-electron chi connectivity index (χ1n) is 5.35. The van der Waals surface area contributed by atoms with Crippen LogP contribution in [0.25, 0.3) is 0 Å². The zero-order valence-corrected chi connectivity index (χ0v) is 15.2. The Morgan fingerprint density at radius 1 is 1.12 bits per heavy atom. The summed E-state index contributed by atoms with van der Waals surface area (Å²) >= 11 is 14.7. The Hall–Kier alpha value is 0.840. The van der Waals surface area contributed by atoms with Crippen LogP contribution >= 0.6 is 70.5 Å². The van der Waals surface area contributed by atoms with Crippen molar-refractivity contribution in [2.24, 2.45) is 0 Å². The Balaban J connectivity index is 1.95. The van der Waals surface area contributed by atoms with E-state index in [1.807, 2.05) is 11.3 Å². The molecule has 0 spiro atoms. The Morgan fingerprint density at radius 2 is 1.94 bits per heavy atom. The molecule has 0 saturated heterocycles. The summed E-state index contributed by atoms with van der Waals surface area (Å²) in [6, 6.07) is 4.57. The molecule has 5 heteroatoms. The van der Waals surface area contributed by atoms with Crippen LogP contribution in [0.2, 0.25) is 0 Å². The lowest BCUT2D eigenvalue weighted by Gasteiger charge is -2.06. The largest absolute Gasteiger partial charge is 0.144 e. The number of halogens is 3. The number of hydrogen-bond acceptors (Lipinski definition) is 2. The first-order valence-corrected chi connectivity index (χ1v) is 9.49. The molecule has 3 rings (SSSR count). The summed E-state index contributed by atoms with van der Waals surface area (Å²) in [7, 11) is 0. The molecule has 0 amide bonds. The van der Waals surface area contributed by atoms with E-state index in [9.17, 15) is 0 Å². The third-order valence-corrected chi connectivity index (χ3v) is 7.95. The molecular weight excluding hydrogens is 448 g/mol. The quantitative estimate of drug-likeness (QED) is 0.464. The second-order valence-corrected chi connectivity index (χ2v) is 9.93. The highest BCUT2D eigenvalue weighted by Gasteiger charge is 2.22. The summed E-state index contributed by atoms with van der Waals surface area (Å²) in [5, 5.41) is 0. The Bertz CT molecular complexity index is 535. The highest BCUT2D eigenvalue weighted by Crippen LogP contribution is 2.45. The van der Waals surface area contributed by atoms with Crippen LogP contribution in [0.4, 0.5) is 0 Å². The van der Waals surface area contributed by atoms with Crippen molar-refractivity contribution in [3.63, 3.8) is 0 Å². The summed E-state index contributed by atoms with van der Waals surface area (Å²) < 4.78 is 2.38. The van der Waals surface area contributed by atoms with E-state index >= 15 is 0 Å². The molecule has 0 nitrogen and oxygen atoms in total. The van der Waals surface area contributed by atoms with Gasteiger partial charge in [0.15, 0.2) is 0 Å². The van der Waals surface area contributed by atoms with Gasteiger partial charge in [0.05, 0.1) is 12.4 Å². The summed E-state index contributed by atoms with van der Waals surface area (Å²) in [6.45, 7) is 0. The summed E-state index contributed by atoms with van der Waals surface area (Å²) in [5.74, 6) is 0. The topological polar surface area (TPSA) is 0 Å². The molecule has 0 bridgehead atoms. The van der Waals surface area contributed by atoms with Crippen LogP contribution in [0.5, 0.6) is 0 Å². The third kappa shape index (κ3) is 2.46. The van der Waals surface area contributed by atoms with Crippen LogP contribution in [0.15, 0.2) is 19.7 Å². The molecule has 0 aromatic carbocycles. The molecule has 1 atom stereocenters. The number of hydrogen-bond donors (Lipinski definition) is 0. The van der Waals surface area contributed by atoms with Gasteiger partial charge in [-0.3, -0.25) is 0 Å². The van der Waals surface area contributed by atoms with E-state index in [-0.39, 0.29) is 0 Å². The van der Waals surface area contributed by atoms with E-state index in [1.165, 1.54) is 37.3 Å². The first kappa shape index (κ1) is 12.9. The maximum atomic E-state index is 3.83. The molecule has 2 aromatic heterocycles. The van der Waals surface area contributed by atoms with Crippen molar-refractivity contribution in [3.8, 4) is 0 Å². The number of thiophene rings is 2. The van der Waals surface area contributed by atoms with Gasteiger partial charge in [0, 0.05) is 9.75 Å². The molecule has 2 heterocycles. The van der Waals surface area contributed by atoms with Crippen molar-refractivity contribution in [2.45, 2.75) is 24.1 Å². The lowest BCUT2D eigenvalue weighted by atomic mass is 10.2. The minimum Gasteiger partial charge on any atom is -0.144 e. The fraction of sp³-hybridized carbons (Fsp3) is 0.333. The number of alkyl halides is 1. The highest BCUT2D eigenvalue weighted by molar-refractivity contribution is 9.12. The van der Waals surface area contributed by atoms with Crippen LogP contribution in [0.3, 0.4) is 0 Å². The maximum Gasteiger partial charge on any atom is 0.0757 e. The van der Waals surface area contributed by atoms with Crippen molar-refractivity contribution in [1.82, 2.24) is 0 Å². The van der Waals surface area contributed by atoms with Gasteiger partial charge in [-0.25, -0.2) is 0 Å². The van der Waals surface area contributed by atoms with Crippen molar-refractivity contribution in [3.05, 3.63) is 40.6 Å². The standard InChI is InChI=1S/C12H9Br3S2/c13-10-5-7(12(15)17-10)11(14)9-4-6-2-1-3-8(6)16-9/h4-5,11H,1-3H2. The zero-order valence-electron chi connectivity index (χ0n) is 8.80. The second kappa shape index (κ2) is 5.08. The summed E-state index contributed by atoms with van der Waals surface area (Å²) in [5.41, 5.74) is 2.89. The third-order valence-electron chi connectivity index (χ3n) is 2.97. The lowest BCUT2D eigenvalue weighted by Crippen LogP contribution is -1.87. The molecule has 0 saturated carbocycles. The smallest absolute Gasteiger partial charge is 0.0757 e. The van der Waals surface area contributed by atoms with Gasteiger partial charge in [0.1, 0.15) is 0 Å². The van der Waals surface area contributed by atoms with E-state index in [1.54, 1.807) is 21.8 Å². The molecule has 2 aromatic rings. The molecule has 1 aliphatic rings. The molecule has 1 unspecified atom stereocenters. The van der Waals surface area contributed by atoms with Gasteiger partial charge in [-0.2, -0.15) is 0 Å². The molecule has 0 N–H and O–H groups in total. The van der Waals surface area contributed by atoms with Crippen molar-refractivity contribution >= 4 is 70.5 Å². The molecule has 90 valence electrons. The molecular formula is C12H9Br3S2. The highest BCUT2D eigenvalue weighted by atomic mass is 79.9. The van der Waals surface area contributed by atoms with E-state index in [0.717, 1.165) is 0 Å². The van der Waals surface area contributed by atoms with Gasteiger partial charge in [0.25, 0.3) is 0 Å². The van der Waals surface area contributed by atoms with Crippen LogP contribution < -0.4 is 0 Å². The van der Waals surface area contributed by atoms with E-state index in [4.69, 9.17) is 0 Å². The van der Waals surface area contributed by atoms with Crippen molar-refractivity contribution in [1.29, 1.82) is 0 Å². The maximum absolute atomic E-state index is 3.83. The van der Waals surface area contributed by atoms with Crippen LogP contribution in [0.1, 0.15) is 32.1 Å². The minimum absolute atomic E-state index is 0.315. The molecule has 0 aliphatic heterocycles. The van der Waals surface area contributed by atoms with Crippen LogP contribution in [-0.2, 0) is 12.8 Å². The van der Waals surface area contributed by atoms with Gasteiger partial charge in [0.2, 0.25) is 0 Å². The number of aryl methyl sites for hydroxylation is 2. The van der Waals surface area contributed by atoms with Gasteiger partial charge in [-0.1, -0.05) is 15.9 Å². The van der Waals surface area contributed by atoms with Gasteiger partial charge in [-0.15, -0.1) is 22.7 Å². The molecule has 17 heavy (non-hydrogen) atoms. The molecule has 1 aliphatic carbocycles. The first-order chi connectivity index (χ1) is 8.15. The summed E-state index contributed by atoms with van der Waals surface area (Å²) in [4.78, 5) is 3.34. The zero-order chi connectivity index (χ0) is 12.0. The molecule has 0 radical (unpaired) electrons. The average molecular weight is 457 g/mol. The predicted octanol–water partition coefficient (Wildman–Crippen LogP) is 6.31. The fourth-order valence-electron chi connectivity index (χ4n) is 2.16. The normalized spacial score (nSPS) is 16.2. The van der Waals surface area contributed by atoms with Crippen LogP contribution in [-0.4, -0.2) is 0 Å². The summed E-state index contributed by atoms with van der Waals surface area (Å²) in [6.07, 6.45) is 3.87. The average Bonchev–Trinajstić information content (AvgIpc) is 2.90. The Labute approximate surface area is 134 Å². The van der Waals surface area contributed by atoms with Crippen molar-refractivity contribution in [2.75, 3.05) is 0 Å². The minimum atomic E-state index is 0.315. The number of fused-ring (bicyclic) bond motifs is 1. The van der Waals surface area contributed by atoms with Gasteiger partial charge < -0.3 is 0 Å². The second-order valence-electron chi connectivity index (χ2n) is 4.09. The predicted molar refractivity (Wildman–Crippen MR) is 86.8 cm³/mol. The monoisotopic (exact) mass is 454 g/mol. The SMILES string of the molecule is Brc1cc(C(Br)c2cc3c(s2)CCC3)c(Br)s1.